The molecule has 0 spiro atoms. The van der Waals surface area contributed by atoms with Crippen LogP contribution in [0.15, 0.2) is 18.2 Å². The number of rotatable bonds is 2. The number of nitrogens with zero attached hydrogens (tertiary/aromatic N) is 2. The molecule has 1 aromatic rings. The van der Waals surface area contributed by atoms with E-state index >= 15 is 0 Å². The number of nitrogens with two attached hydrogens (primary N) is 1. The van der Waals surface area contributed by atoms with Crippen LogP contribution < -0.4 is 5.73 Å². The number of likely N-dealkylation sites (tertiary alicyclic amines) is 1. The Balaban J connectivity index is 2.38. The van der Waals surface area contributed by atoms with Gasteiger partial charge in [0.1, 0.15) is 5.56 Å². The fraction of sp³-hybridized carbons (Fsp3) is 0.417. The molecule has 1 aliphatic heterocycles. The molecule has 2 atom stereocenters. The molecule has 1 aliphatic rings. The zero-order chi connectivity index (χ0) is 14.2. The van der Waals surface area contributed by atoms with Crippen LogP contribution in [0, 0.1) is 10.1 Å². The van der Waals surface area contributed by atoms with Crippen molar-refractivity contribution >= 4 is 23.2 Å². The van der Waals surface area contributed by atoms with Crippen molar-refractivity contribution in [2.24, 2.45) is 5.73 Å². The molecule has 1 heterocycles. The second kappa shape index (κ2) is 5.14. The molecule has 1 saturated heterocycles. The second-order valence-corrected chi connectivity index (χ2v) is 5.05. The molecule has 2 rings (SSSR count). The van der Waals surface area contributed by atoms with E-state index in [1.807, 2.05) is 6.92 Å². The zero-order valence-electron chi connectivity index (χ0n) is 10.4. The average molecular weight is 284 g/mol. The summed E-state index contributed by atoms with van der Waals surface area (Å²) < 4.78 is 0. The van der Waals surface area contributed by atoms with Gasteiger partial charge in [-0.1, -0.05) is 11.6 Å². The lowest BCUT2D eigenvalue weighted by Crippen LogP contribution is -2.40. The number of hydrogen-bond acceptors (Lipinski definition) is 4. The number of halogens is 1. The first-order valence-corrected chi connectivity index (χ1v) is 6.30. The van der Waals surface area contributed by atoms with E-state index in [4.69, 9.17) is 17.3 Å². The SMILES string of the molecule is CC1C(N)CCN1C(=O)c1cc(Cl)ccc1[N+](=O)[O-]. The molecule has 2 N–H and O–H groups in total. The van der Waals surface area contributed by atoms with Crippen molar-refractivity contribution in [3.63, 3.8) is 0 Å². The first-order valence-electron chi connectivity index (χ1n) is 5.92. The number of nitro groups is 1. The molecule has 0 radical (unpaired) electrons. The molecule has 19 heavy (non-hydrogen) atoms. The molecule has 1 aromatic carbocycles. The van der Waals surface area contributed by atoms with Crippen LogP contribution >= 0.6 is 11.6 Å². The van der Waals surface area contributed by atoms with Crippen LogP contribution in [0.25, 0.3) is 0 Å². The number of nitro benzene ring substituents is 1. The van der Waals surface area contributed by atoms with Gasteiger partial charge >= 0.3 is 0 Å². The van der Waals surface area contributed by atoms with Crippen molar-refractivity contribution in [2.75, 3.05) is 6.54 Å². The maximum atomic E-state index is 12.4. The summed E-state index contributed by atoms with van der Waals surface area (Å²) >= 11 is 5.82. The van der Waals surface area contributed by atoms with Gasteiger partial charge in [0.05, 0.1) is 4.92 Å². The van der Waals surface area contributed by atoms with Crippen LogP contribution in [0.5, 0.6) is 0 Å². The van der Waals surface area contributed by atoms with Crippen molar-refractivity contribution < 1.29 is 9.72 Å². The third-order valence-corrected chi connectivity index (χ3v) is 3.70. The lowest BCUT2D eigenvalue weighted by molar-refractivity contribution is -0.385. The Labute approximate surface area is 115 Å². The lowest BCUT2D eigenvalue weighted by Gasteiger charge is -2.23. The minimum atomic E-state index is -0.579. The van der Waals surface area contributed by atoms with Crippen LogP contribution in [0.1, 0.15) is 23.7 Å². The molecule has 0 bridgehead atoms. The van der Waals surface area contributed by atoms with Crippen LogP contribution in [0.3, 0.4) is 0 Å². The maximum Gasteiger partial charge on any atom is 0.282 e. The van der Waals surface area contributed by atoms with Crippen molar-refractivity contribution in [1.29, 1.82) is 0 Å². The summed E-state index contributed by atoms with van der Waals surface area (Å²) in [4.78, 5) is 24.3. The predicted octanol–water partition coefficient (Wildman–Crippen LogP) is 1.81. The van der Waals surface area contributed by atoms with Crippen LogP contribution in [-0.4, -0.2) is 34.4 Å². The van der Waals surface area contributed by atoms with Gasteiger partial charge < -0.3 is 10.6 Å². The third-order valence-electron chi connectivity index (χ3n) is 3.46. The van der Waals surface area contributed by atoms with Gasteiger partial charge in [-0.2, -0.15) is 0 Å². The molecule has 7 heteroatoms. The molecule has 0 aromatic heterocycles. The summed E-state index contributed by atoms with van der Waals surface area (Å²) in [6, 6.07) is 3.75. The molecular weight excluding hydrogens is 270 g/mol. The van der Waals surface area contributed by atoms with Gasteiger partial charge in [-0.15, -0.1) is 0 Å². The standard InChI is InChI=1S/C12H14ClN3O3/c1-7-10(14)4-5-15(7)12(17)9-6-8(13)2-3-11(9)16(18)19/h2-3,6-7,10H,4-5,14H2,1H3. The average Bonchev–Trinajstić information content (AvgIpc) is 2.68. The quantitative estimate of drug-likeness (QED) is 0.662. The minimum absolute atomic E-state index is 0.0125. The molecule has 102 valence electrons. The van der Waals surface area contributed by atoms with Gasteiger partial charge in [-0.05, 0) is 25.5 Å². The fourth-order valence-electron chi connectivity index (χ4n) is 2.24. The van der Waals surface area contributed by atoms with Crippen molar-refractivity contribution in [3.8, 4) is 0 Å². The van der Waals surface area contributed by atoms with E-state index in [2.05, 4.69) is 0 Å². The highest BCUT2D eigenvalue weighted by Gasteiger charge is 2.34. The second-order valence-electron chi connectivity index (χ2n) is 4.61. The van der Waals surface area contributed by atoms with E-state index in [-0.39, 0.29) is 23.3 Å². The Hall–Kier alpha value is -1.66. The van der Waals surface area contributed by atoms with Gasteiger partial charge in [-0.3, -0.25) is 14.9 Å². The van der Waals surface area contributed by atoms with Gasteiger partial charge in [0.2, 0.25) is 0 Å². The summed E-state index contributed by atoms with van der Waals surface area (Å²) in [6.45, 7) is 2.34. The molecule has 0 aliphatic carbocycles. The zero-order valence-corrected chi connectivity index (χ0v) is 11.1. The maximum absolute atomic E-state index is 12.4. The van der Waals surface area contributed by atoms with Gasteiger partial charge in [0, 0.05) is 29.7 Å². The highest BCUT2D eigenvalue weighted by atomic mass is 35.5. The van der Waals surface area contributed by atoms with E-state index in [0.717, 1.165) is 0 Å². The van der Waals surface area contributed by atoms with Crippen molar-refractivity contribution in [2.45, 2.75) is 25.4 Å². The van der Waals surface area contributed by atoms with E-state index in [1.54, 1.807) is 4.90 Å². The summed E-state index contributed by atoms with van der Waals surface area (Å²) in [6.07, 6.45) is 0.696. The van der Waals surface area contributed by atoms with Crippen molar-refractivity contribution in [1.82, 2.24) is 4.90 Å². The first kappa shape index (κ1) is 13.8. The monoisotopic (exact) mass is 283 g/mol. The van der Waals surface area contributed by atoms with Gasteiger partial charge in [0.25, 0.3) is 11.6 Å². The first-order chi connectivity index (χ1) is 8.91. The van der Waals surface area contributed by atoms with E-state index in [9.17, 15) is 14.9 Å². The Bertz CT molecular complexity index is 535. The topological polar surface area (TPSA) is 89.5 Å². The van der Waals surface area contributed by atoms with E-state index in [0.29, 0.717) is 18.0 Å². The lowest BCUT2D eigenvalue weighted by atomic mass is 10.1. The molecular formula is C12H14ClN3O3. The number of amides is 1. The number of carbonyl (C=O) groups excluding carboxylic acids is 1. The Kier molecular flexibility index (Phi) is 3.73. The van der Waals surface area contributed by atoms with Gasteiger partial charge in [-0.25, -0.2) is 0 Å². The predicted molar refractivity (Wildman–Crippen MR) is 71.2 cm³/mol. The van der Waals surface area contributed by atoms with Crippen LogP contribution in [0.4, 0.5) is 5.69 Å². The normalized spacial score (nSPS) is 22.6. The Morgan fingerprint density at radius 1 is 1.58 bits per heavy atom. The van der Waals surface area contributed by atoms with Crippen molar-refractivity contribution in [3.05, 3.63) is 38.9 Å². The Morgan fingerprint density at radius 3 is 2.79 bits per heavy atom. The number of hydrogen-bond donors (Lipinski definition) is 1. The number of benzene rings is 1. The summed E-state index contributed by atoms with van der Waals surface area (Å²) in [5.41, 5.74) is 5.64. The molecule has 1 amide bonds. The molecule has 0 saturated carbocycles. The smallest absolute Gasteiger partial charge is 0.282 e. The summed E-state index contributed by atoms with van der Waals surface area (Å²) in [5.74, 6) is -0.394. The van der Waals surface area contributed by atoms with E-state index in [1.165, 1.54) is 18.2 Å². The summed E-state index contributed by atoms with van der Waals surface area (Å²) in [5, 5.41) is 11.3. The Morgan fingerprint density at radius 2 is 2.26 bits per heavy atom. The highest BCUT2D eigenvalue weighted by molar-refractivity contribution is 6.31. The van der Waals surface area contributed by atoms with E-state index < -0.39 is 10.8 Å². The number of carbonyl (C=O) groups is 1. The molecule has 2 unspecified atom stereocenters. The van der Waals surface area contributed by atoms with Gasteiger partial charge in [0.15, 0.2) is 0 Å². The third kappa shape index (κ3) is 2.54. The van der Waals surface area contributed by atoms with Crippen LogP contribution in [0.2, 0.25) is 5.02 Å². The fourth-order valence-corrected chi connectivity index (χ4v) is 2.42. The largest absolute Gasteiger partial charge is 0.334 e. The highest BCUT2D eigenvalue weighted by Crippen LogP contribution is 2.27. The molecule has 6 nitrogen and oxygen atoms in total. The summed E-state index contributed by atoms with van der Waals surface area (Å²) in [7, 11) is 0. The molecule has 1 fully saturated rings. The minimum Gasteiger partial charge on any atom is -0.334 e. The van der Waals surface area contributed by atoms with Crippen LogP contribution in [-0.2, 0) is 0 Å².